The molecule has 0 saturated heterocycles. The Labute approximate surface area is 97.2 Å². The van der Waals surface area contributed by atoms with E-state index in [9.17, 15) is 0 Å². The molecule has 72 valence electrons. The molecule has 5 heteroatoms. The van der Waals surface area contributed by atoms with Gasteiger partial charge in [-0.15, -0.1) is 36.6 Å². The molecule has 2 nitrogen and oxygen atoms in total. The van der Waals surface area contributed by atoms with Crippen molar-refractivity contribution < 1.29 is 0 Å². The summed E-state index contributed by atoms with van der Waals surface area (Å²) in [5.74, 6) is 0. The van der Waals surface area contributed by atoms with Crippen LogP contribution in [0.4, 0.5) is 0 Å². The third-order valence-corrected chi connectivity index (χ3v) is 4.22. The van der Waals surface area contributed by atoms with Crippen molar-refractivity contribution in [2.24, 2.45) is 5.73 Å². The molecule has 2 N–H and O–H groups in total. The van der Waals surface area contributed by atoms with Gasteiger partial charge in [-0.3, -0.25) is 0 Å². The number of hydrogen-bond acceptors (Lipinski definition) is 5. The second-order valence-electron chi connectivity index (χ2n) is 3.08. The van der Waals surface area contributed by atoms with Gasteiger partial charge in [0.2, 0.25) is 0 Å². The van der Waals surface area contributed by atoms with E-state index in [-0.39, 0.29) is 0 Å². The normalized spacial score (nSPS) is 15.2. The fourth-order valence-corrected chi connectivity index (χ4v) is 3.50. The molecule has 1 aromatic rings. The molecule has 0 fully saturated rings. The molecule has 0 saturated carbocycles. The predicted molar refractivity (Wildman–Crippen MR) is 64.7 cm³/mol. The van der Waals surface area contributed by atoms with Crippen molar-refractivity contribution in [1.29, 1.82) is 5.26 Å². The lowest BCUT2D eigenvalue weighted by atomic mass is 9.98. The van der Waals surface area contributed by atoms with Crippen molar-refractivity contribution in [2.75, 3.05) is 0 Å². The van der Waals surface area contributed by atoms with Gasteiger partial charge >= 0.3 is 0 Å². The molecular formula is C9H8N2S3. The zero-order valence-electron chi connectivity index (χ0n) is 7.24. The standard InChI is InChI=1S/C9H8N2S3/c10-3-6-4-1-2-5(11)8(12)7(4)9(13)14-6/h12-13H,1-2,11H2. The van der Waals surface area contributed by atoms with E-state index in [4.69, 9.17) is 11.0 Å². The Kier molecular flexibility index (Phi) is 2.52. The fourth-order valence-electron chi connectivity index (χ4n) is 1.56. The molecule has 0 atom stereocenters. The van der Waals surface area contributed by atoms with E-state index in [0.717, 1.165) is 43.7 Å². The van der Waals surface area contributed by atoms with E-state index >= 15 is 0 Å². The second-order valence-corrected chi connectivity index (χ2v) is 5.29. The monoisotopic (exact) mass is 240 g/mol. The number of nitrogens with zero attached hydrogens (tertiary/aromatic N) is 1. The summed E-state index contributed by atoms with van der Waals surface area (Å²) in [6, 6.07) is 2.18. The van der Waals surface area contributed by atoms with Gasteiger partial charge in [0.25, 0.3) is 0 Å². The third kappa shape index (κ3) is 1.34. The van der Waals surface area contributed by atoms with Gasteiger partial charge in [0.05, 0.1) is 4.21 Å². The Bertz CT molecular complexity index is 465. The zero-order valence-corrected chi connectivity index (χ0v) is 9.85. The zero-order chi connectivity index (χ0) is 10.3. The van der Waals surface area contributed by atoms with Crippen LogP contribution < -0.4 is 5.73 Å². The van der Waals surface area contributed by atoms with Crippen LogP contribution in [-0.2, 0) is 6.42 Å². The summed E-state index contributed by atoms with van der Waals surface area (Å²) in [4.78, 5) is 1.53. The smallest absolute Gasteiger partial charge is 0.110 e. The lowest BCUT2D eigenvalue weighted by Crippen LogP contribution is -2.08. The van der Waals surface area contributed by atoms with Gasteiger partial charge in [-0.2, -0.15) is 5.26 Å². The van der Waals surface area contributed by atoms with Crippen molar-refractivity contribution in [3.05, 3.63) is 21.7 Å². The summed E-state index contributed by atoms with van der Waals surface area (Å²) in [6.45, 7) is 0. The molecule has 0 aromatic carbocycles. The number of allylic oxidation sites excluding steroid dienone is 1. The minimum absolute atomic E-state index is 0.740. The summed E-state index contributed by atoms with van der Waals surface area (Å²) in [5, 5.41) is 8.91. The van der Waals surface area contributed by atoms with Crippen molar-refractivity contribution >= 4 is 41.5 Å². The van der Waals surface area contributed by atoms with Gasteiger partial charge in [0.15, 0.2) is 0 Å². The van der Waals surface area contributed by atoms with Gasteiger partial charge in [0.1, 0.15) is 10.9 Å². The van der Waals surface area contributed by atoms with Gasteiger partial charge in [0, 0.05) is 16.2 Å². The van der Waals surface area contributed by atoms with Crippen molar-refractivity contribution in [2.45, 2.75) is 17.1 Å². The van der Waals surface area contributed by atoms with Crippen LogP contribution in [0.5, 0.6) is 0 Å². The minimum atomic E-state index is 0.740. The molecule has 1 aliphatic carbocycles. The lowest BCUT2D eigenvalue weighted by molar-refractivity contribution is 0.911. The number of rotatable bonds is 0. The first-order valence-electron chi connectivity index (χ1n) is 4.07. The van der Waals surface area contributed by atoms with E-state index in [2.05, 4.69) is 31.3 Å². The molecule has 1 heterocycles. The molecule has 0 radical (unpaired) electrons. The quantitative estimate of drug-likeness (QED) is 0.610. The maximum atomic E-state index is 8.91. The highest BCUT2D eigenvalue weighted by Crippen LogP contribution is 2.42. The maximum Gasteiger partial charge on any atom is 0.110 e. The summed E-state index contributed by atoms with van der Waals surface area (Å²) in [6.07, 6.45) is 1.61. The van der Waals surface area contributed by atoms with E-state index < -0.39 is 0 Å². The Balaban J connectivity index is 2.71. The van der Waals surface area contributed by atoms with E-state index in [1.54, 1.807) is 0 Å². The Morgan fingerprint density at radius 1 is 1.36 bits per heavy atom. The number of thiophene rings is 1. The molecule has 14 heavy (non-hydrogen) atoms. The first-order chi connectivity index (χ1) is 6.65. The average molecular weight is 240 g/mol. The van der Waals surface area contributed by atoms with Crippen molar-refractivity contribution in [3.63, 3.8) is 0 Å². The highest BCUT2D eigenvalue weighted by Gasteiger charge is 2.23. The Morgan fingerprint density at radius 2 is 2.07 bits per heavy atom. The number of nitriles is 1. The topological polar surface area (TPSA) is 49.8 Å². The highest BCUT2D eigenvalue weighted by atomic mass is 32.2. The second kappa shape index (κ2) is 3.54. The number of hydrogen-bond donors (Lipinski definition) is 3. The molecule has 0 spiro atoms. The predicted octanol–water partition coefficient (Wildman–Crippen LogP) is 2.41. The van der Waals surface area contributed by atoms with Gasteiger partial charge in [-0.05, 0) is 18.4 Å². The van der Waals surface area contributed by atoms with Crippen LogP contribution in [0.3, 0.4) is 0 Å². The first-order valence-corrected chi connectivity index (χ1v) is 5.79. The maximum absolute atomic E-state index is 8.91. The molecule has 0 unspecified atom stereocenters. The van der Waals surface area contributed by atoms with Crippen LogP contribution in [0.15, 0.2) is 9.91 Å². The van der Waals surface area contributed by atoms with Crippen LogP contribution >= 0.6 is 36.6 Å². The van der Waals surface area contributed by atoms with E-state index in [1.165, 1.54) is 11.3 Å². The van der Waals surface area contributed by atoms with Gasteiger partial charge < -0.3 is 5.73 Å². The summed E-state index contributed by atoms with van der Waals surface area (Å²) >= 11 is 10.1. The van der Waals surface area contributed by atoms with Crippen molar-refractivity contribution in [3.8, 4) is 6.07 Å². The average Bonchev–Trinajstić information content (AvgIpc) is 2.49. The Morgan fingerprint density at radius 3 is 2.71 bits per heavy atom. The fraction of sp³-hybridized carbons (Fsp3) is 0.222. The van der Waals surface area contributed by atoms with Crippen LogP contribution in [-0.4, -0.2) is 0 Å². The number of nitrogens with two attached hydrogens (primary N) is 1. The SMILES string of the molecule is N#Cc1sc(S)c2c1CCC(N)=C2S. The number of fused-ring (bicyclic) bond motifs is 1. The lowest BCUT2D eigenvalue weighted by Gasteiger charge is -2.15. The molecule has 1 aliphatic rings. The molecule has 0 aliphatic heterocycles. The van der Waals surface area contributed by atoms with Gasteiger partial charge in [-0.25, -0.2) is 0 Å². The summed E-state index contributed by atoms with van der Waals surface area (Å²) < 4.78 is 0.837. The molecule has 2 rings (SSSR count). The molecule has 0 bridgehead atoms. The largest absolute Gasteiger partial charge is 0.401 e. The molecule has 1 aromatic heterocycles. The molecule has 0 amide bonds. The van der Waals surface area contributed by atoms with Crippen LogP contribution in [0.1, 0.15) is 22.4 Å². The number of thiol groups is 2. The highest BCUT2D eigenvalue weighted by molar-refractivity contribution is 7.90. The van der Waals surface area contributed by atoms with E-state index in [1.807, 2.05) is 0 Å². The van der Waals surface area contributed by atoms with Gasteiger partial charge in [-0.1, -0.05) is 0 Å². The van der Waals surface area contributed by atoms with Crippen molar-refractivity contribution in [1.82, 2.24) is 0 Å². The summed E-state index contributed by atoms with van der Waals surface area (Å²) in [7, 11) is 0. The van der Waals surface area contributed by atoms with Crippen LogP contribution in [0.2, 0.25) is 0 Å². The Hall–Kier alpha value is -0.570. The van der Waals surface area contributed by atoms with Crippen LogP contribution in [0.25, 0.3) is 4.91 Å². The van der Waals surface area contributed by atoms with Crippen LogP contribution in [0, 0.1) is 11.3 Å². The minimum Gasteiger partial charge on any atom is -0.401 e. The summed E-state index contributed by atoms with van der Waals surface area (Å²) in [5.41, 5.74) is 8.61. The van der Waals surface area contributed by atoms with E-state index in [0.29, 0.717) is 0 Å². The molecular weight excluding hydrogens is 232 g/mol. The first kappa shape index (κ1) is 9.97. The third-order valence-electron chi connectivity index (χ3n) is 2.28.